The molecule has 128 valence electrons. The van der Waals surface area contributed by atoms with E-state index in [0.717, 1.165) is 37.1 Å². The van der Waals surface area contributed by atoms with Crippen molar-refractivity contribution in [1.82, 2.24) is 5.32 Å². The van der Waals surface area contributed by atoms with Crippen LogP contribution < -0.4 is 10.1 Å². The van der Waals surface area contributed by atoms with E-state index >= 15 is 0 Å². The zero-order valence-corrected chi connectivity index (χ0v) is 13.9. The molecule has 0 unspecified atom stereocenters. The third-order valence-electron chi connectivity index (χ3n) is 4.89. The molecule has 1 heterocycles. The van der Waals surface area contributed by atoms with E-state index in [1.54, 1.807) is 7.11 Å². The quantitative estimate of drug-likeness (QED) is 0.904. The Balaban J connectivity index is 1.47. The molecule has 23 heavy (non-hydrogen) atoms. The molecule has 2 atom stereocenters. The molecule has 0 radical (unpaired) electrons. The van der Waals surface area contributed by atoms with Crippen LogP contribution in [0.15, 0.2) is 18.2 Å². The highest BCUT2D eigenvalue weighted by Crippen LogP contribution is 2.37. The second-order valence-corrected chi connectivity index (χ2v) is 6.48. The van der Waals surface area contributed by atoms with E-state index in [0.29, 0.717) is 19.6 Å². The van der Waals surface area contributed by atoms with Gasteiger partial charge in [-0.15, -0.1) is 0 Å². The molecule has 1 aliphatic heterocycles. The molecular formula is C18H26FNO3. The summed E-state index contributed by atoms with van der Waals surface area (Å²) < 4.78 is 31.0. The summed E-state index contributed by atoms with van der Waals surface area (Å²) in [6.07, 6.45) is 1.79. The highest BCUT2D eigenvalue weighted by atomic mass is 19.1. The van der Waals surface area contributed by atoms with E-state index < -0.39 is 12.0 Å². The molecule has 2 aliphatic rings. The summed E-state index contributed by atoms with van der Waals surface area (Å²) >= 11 is 0. The number of alkyl halides is 1. The van der Waals surface area contributed by atoms with Crippen molar-refractivity contribution in [2.75, 3.05) is 26.9 Å². The van der Waals surface area contributed by atoms with Gasteiger partial charge < -0.3 is 19.5 Å². The number of halogens is 1. The molecule has 2 fully saturated rings. The Labute approximate surface area is 137 Å². The number of nitrogens with one attached hydrogen (secondary N) is 1. The summed E-state index contributed by atoms with van der Waals surface area (Å²) in [7, 11) is 1.68. The van der Waals surface area contributed by atoms with Crippen LogP contribution in [-0.4, -0.2) is 44.9 Å². The van der Waals surface area contributed by atoms with Crippen molar-refractivity contribution in [2.24, 2.45) is 0 Å². The predicted molar refractivity (Wildman–Crippen MR) is 86.6 cm³/mol. The van der Waals surface area contributed by atoms with Gasteiger partial charge in [-0.1, -0.05) is 12.1 Å². The van der Waals surface area contributed by atoms with Gasteiger partial charge in [0.2, 0.25) is 0 Å². The molecule has 1 N–H and O–H groups in total. The number of hydrogen-bond donors (Lipinski definition) is 1. The number of ether oxygens (including phenoxy) is 3. The van der Waals surface area contributed by atoms with Crippen molar-refractivity contribution in [3.05, 3.63) is 29.3 Å². The largest absolute Gasteiger partial charge is 0.496 e. The third kappa shape index (κ3) is 3.84. The van der Waals surface area contributed by atoms with Gasteiger partial charge in [0, 0.05) is 18.9 Å². The van der Waals surface area contributed by atoms with Gasteiger partial charge in [0.05, 0.1) is 20.3 Å². The number of hydrogen-bond acceptors (Lipinski definition) is 4. The maximum Gasteiger partial charge on any atom is 0.171 e. The molecule has 0 bridgehead atoms. The lowest BCUT2D eigenvalue weighted by atomic mass is 9.88. The molecule has 0 aromatic heterocycles. The summed E-state index contributed by atoms with van der Waals surface area (Å²) in [5.41, 5.74) is 2.33. The summed E-state index contributed by atoms with van der Waals surface area (Å²) in [6.45, 7) is 3.95. The van der Waals surface area contributed by atoms with E-state index in [9.17, 15) is 4.39 Å². The molecule has 4 nitrogen and oxygen atoms in total. The number of rotatable bonds is 5. The Morgan fingerprint density at radius 2 is 2.13 bits per heavy atom. The van der Waals surface area contributed by atoms with Crippen LogP contribution >= 0.6 is 0 Å². The van der Waals surface area contributed by atoms with E-state index in [1.165, 1.54) is 5.56 Å². The van der Waals surface area contributed by atoms with E-state index in [1.807, 2.05) is 6.92 Å². The van der Waals surface area contributed by atoms with Crippen molar-refractivity contribution in [3.8, 4) is 5.75 Å². The van der Waals surface area contributed by atoms with Gasteiger partial charge in [0.15, 0.2) is 5.79 Å². The molecule has 1 saturated heterocycles. The Morgan fingerprint density at radius 3 is 2.83 bits per heavy atom. The van der Waals surface area contributed by atoms with Gasteiger partial charge in [-0.3, -0.25) is 0 Å². The zero-order valence-electron chi connectivity index (χ0n) is 13.9. The molecular weight excluding hydrogens is 297 g/mol. The van der Waals surface area contributed by atoms with Crippen LogP contribution in [0.5, 0.6) is 5.75 Å². The second-order valence-electron chi connectivity index (χ2n) is 6.48. The first-order chi connectivity index (χ1) is 11.1. The fraction of sp³-hybridized carbons (Fsp3) is 0.667. The lowest BCUT2D eigenvalue weighted by Crippen LogP contribution is -2.49. The smallest absolute Gasteiger partial charge is 0.171 e. The number of aryl methyl sites for hydroxylation is 1. The normalized spacial score (nSPS) is 26.6. The van der Waals surface area contributed by atoms with Gasteiger partial charge in [-0.2, -0.15) is 0 Å². The molecule has 1 aliphatic carbocycles. The minimum Gasteiger partial charge on any atom is -0.496 e. The van der Waals surface area contributed by atoms with Crippen molar-refractivity contribution >= 4 is 0 Å². The van der Waals surface area contributed by atoms with Crippen molar-refractivity contribution in [3.63, 3.8) is 0 Å². The fourth-order valence-corrected chi connectivity index (χ4v) is 3.51. The summed E-state index contributed by atoms with van der Waals surface area (Å²) in [5.74, 6) is 0.253. The van der Waals surface area contributed by atoms with Crippen molar-refractivity contribution in [1.29, 1.82) is 0 Å². The minimum absolute atomic E-state index is 0.110. The molecule has 1 aromatic carbocycles. The summed E-state index contributed by atoms with van der Waals surface area (Å²) in [6, 6.07) is 6.11. The molecule has 0 amide bonds. The standard InChI is InChI=1S/C18H26FNO3/c1-13-3-4-14(11-17(13)21-2)6-8-20-16-5-7-18(12-15(16)19)22-9-10-23-18/h3-4,11,15-16,20H,5-10,12H2,1-2H3/t15-,16+/m1/s1. The van der Waals surface area contributed by atoms with E-state index in [4.69, 9.17) is 14.2 Å². The first-order valence-electron chi connectivity index (χ1n) is 8.41. The van der Waals surface area contributed by atoms with Crippen LogP contribution in [0.25, 0.3) is 0 Å². The van der Waals surface area contributed by atoms with Gasteiger partial charge in [0.25, 0.3) is 0 Å². The number of benzene rings is 1. The average Bonchev–Trinajstić information content (AvgIpc) is 2.99. The highest BCUT2D eigenvalue weighted by molar-refractivity contribution is 5.36. The van der Waals surface area contributed by atoms with E-state index in [2.05, 4.69) is 23.5 Å². The third-order valence-corrected chi connectivity index (χ3v) is 4.89. The van der Waals surface area contributed by atoms with Crippen LogP contribution in [0, 0.1) is 6.92 Å². The van der Waals surface area contributed by atoms with Crippen LogP contribution in [0.4, 0.5) is 4.39 Å². The first kappa shape index (κ1) is 16.7. The van der Waals surface area contributed by atoms with Crippen LogP contribution in [0.1, 0.15) is 30.4 Å². The van der Waals surface area contributed by atoms with Crippen molar-refractivity contribution in [2.45, 2.75) is 50.6 Å². The topological polar surface area (TPSA) is 39.7 Å². The fourth-order valence-electron chi connectivity index (χ4n) is 3.51. The Hall–Kier alpha value is -1.17. The van der Waals surface area contributed by atoms with Crippen LogP contribution in [-0.2, 0) is 15.9 Å². The lowest BCUT2D eigenvalue weighted by Gasteiger charge is -2.38. The molecule has 1 aromatic rings. The molecule has 1 saturated carbocycles. The van der Waals surface area contributed by atoms with Crippen LogP contribution in [0.2, 0.25) is 0 Å². The summed E-state index contributed by atoms with van der Waals surface area (Å²) in [4.78, 5) is 0. The Bertz CT molecular complexity index is 531. The van der Waals surface area contributed by atoms with Gasteiger partial charge in [-0.25, -0.2) is 4.39 Å². The zero-order chi connectivity index (χ0) is 16.3. The maximum absolute atomic E-state index is 14.4. The first-order valence-corrected chi connectivity index (χ1v) is 8.41. The van der Waals surface area contributed by atoms with Gasteiger partial charge >= 0.3 is 0 Å². The van der Waals surface area contributed by atoms with Gasteiger partial charge in [0.1, 0.15) is 11.9 Å². The maximum atomic E-state index is 14.4. The monoisotopic (exact) mass is 323 g/mol. The number of methoxy groups -OCH3 is 1. The Morgan fingerprint density at radius 1 is 1.35 bits per heavy atom. The average molecular weight is 323 g/mol. The molecule has 5 heteroatoms. The highest BCUT2D eigenvalue weighted by Gasteiger charge is 2.45. The predicted octanol–water partition coefficient (Wildman–Crippen LogP) is 2.77. The minimum atomic E-state index is -0.922. The SMILES string of the molecule is COc1cc(CCN[C@H]2CCC3(C[C@H]2F)OCCO3)ccc1C. The van der Waals surface area contributed by atoms with Crippen LogP contribution in [0.3, 0.4) is 0 Å². The molecule has 3 rings (SSSR count). The Kier molecular flexibility index (Phi) is 5.19. The van der Waals surface area contributed by atoms with Gasteiger partial charge in [-0.05, 0) is 43.5 Å². The summed E-state index contributed by atoms with van der Waals surface area (Å²) in [5, 5.41) is 3.35. The van der Waals surface area contributed by atoms with Crippen molar-refractivity contribution < 1.29 is 18.6 Å². The second kappa shape index (κ2) is 7.16. The van der Waals surface area contributed by atoms with E-state index in [-0.39, 0.29) is 6.04 Å². The lowest BCUT2D eigenvalue weighted by molar-refractivity contribution is -0.192. The molecule has 1 spiro atoms.